The second-order valence-corrected chi connectivity index (χ2v) is 3.90. The monoisotopic (exact) mass is 287 g/mol. The first-order chi connectivity index (χ1) is 10.1. The molecule has 2 rings (SSSR count). The van der Waals surface area contributed by atoms with Crippen molar-refractivity contribution in [2.75, 3.05) is 5.43 Å². The van der Waals surface area contributed by atoms with Crippen molar-refractivity contribution in [3.63, 3.8) is 0 Å². The number of anilines is 1. The summed E-state index contributed by atoms with van der Waals surface area (Å²) in [7, 11) is 0. The maximum atomic E-state index is 11.7. The zero-order valence-corrected chi connectivity index (χ0v) is 10.5. The average molecular weight is 287 g/mol. The van der Waals surface area contributed by atoms with Gasteiger partial charge in [-0.3, -0.25) is 10.1 Å². The molecule has 0 aliphatic heterocycles. The molecule has 1 N–H and O–H groups in total. The summed E-state index contributed by atoms with van der Waals surface area (Å²) in [5, 5.41) is 28.4. The Kier molecular flexibility index (Phi) is 4.14. The van der Waals surface area contributed by atoms with Gasteiger partial charge >= 0.3 is 0 Å². The Bertz CT molecular complexity index is 682. The van der Waals surface area contributed by atoms with E-state index in [-0.39, 0.29) is 17.1 Å². The molecule has 0 unspecified atom stereocenters. The normalized spacial score (nSPS) is 11.0. The van der Waals surface area contributed by atoms with Crippen LogP contribution in [0.25, 0.3) is 0 Å². The Labute approximate surface area is 118 Å². The third-order valence-corrected chi connectivity index (χ3v) is 2.52. The van der Waals surface area contributed by atoms with E-state index in [1.54, 1.807) is 0 Å². The van der Waals surface area contributed by atoms with Crippen LogP contribution < -0.4 is 5.43 Å². The Morgan fingerprint density at radius 3 is 2.00 bits per heavy atom. The van der Waals surface area contributed by atoms with Crippen LogP contribution in [0.2, 0.25) is 0 Å². The van der Waals surface area contributed by atoms with Crippen molar-refractivity contribution < 1.29 is 9.78 Å². The molecule has 0 aromatic heterocycles. The first-order valence-corrected chi connectivity index (χ1v) is 5.72. The molecule has 0 bridgehead atoms. The lowest BCUT2D eigenvalue weighted by molar-refractivity contribution is -0.439. The van der Waals surface area contributed by atoms with Gasteiger partial charge in [-0.15, -0.1) is 15.2 Å². The SMILES string of the molecule is O=Nc1ccc([N+]([O-])=NNc2ccc([N+](=O)[O-])cc2)cc1. The number of nitrogens with one attached hydrogen (secondary N) is 1. The summed E-state index contributed by atoms with van der Waals surface area (Å²) < 4.78 is 0. The Morgan fingerprint density at radius 2 is 1.48 bits per heavy atom. The molecule has 0 radical (unpaired) electrons. The molecule has 0 saturated carbocycles. The lowest BCUT2D eigenvalue weighted by Gasteiger charge is -2.04. The summed E-state index contributed by atoms with van der Waals surface area (Å²) in [6, 6.07) is 11.0. The van der Waals surface area contributed by atoms with E-state index < -0.39 is 4.92 Å². The average Bonchev–Trinajstić information content (AvgIpc) is 2.53. The van der Waals surface area contributed by atoms with Crippen molar-refractivity contribution in [2.45, 2.75) is 0 Å². The quantitative estimate of drug-likeness (QED) is 0.296. The minimum Gasteiger partial charge on any atom is -0.691 e. The number of benzene rings is 2. The standard InChI is InChI=1S/C12H9N5O4/c18-14-10-3-5-11(6-4-10)16(19)15-13-9-1-7-12(8-2-9)17(20)21/h1-8,13H. The van der Waals surface area contributed by atoms with Crippen LogP contribution in [0.1, 0.15) is 0 Å². The number of non-ortho nitro benzene ring substituents is 1. The first-order valence-electron chi connectivity index (χ1n) is 5.72. The summed E-state index contributed by atoms with van der Waals surface area (Å²) in [4.78, 5) is 20.5. The summed E-state index contributed by atoms with van der Waals surface area (Å²) in [5.41, 5.74) is 3.24. The fourth-order valence-electron chi connectivity index (χ4n) is 1.46. The van der Waals surface area contributed by atoms with E-state index in [0.29, 0.717) is 10.5 Å². The molecule has 9 nitrogen and oxygen atoms in total. The lowest BCUT2D eigenvalue weighted by Crippen LogP contribution is -1.98. The summed E-state index contributed by atoms with van der Waals surface area (Å²) in [6.07, 6.45) is 0. The van der Waals surface area contributed by atoms with E-state index >= 15 is 0 Å². The van der Waals surface area contributed by atoms with Crippen molar-refractivity contribution in [3.8, 4) is 0 Å². The van der Waals surface area contributed by atoms with Gasteiger partial charge in [0.25, 0.3) is 5.69 Å². The molecule has 0 spiro atoms. The number of hydrogen-bond donors (Lipinski definition) is 1. The van der Waals surface area contributed by atoms with E-state index in [2.05, 4.69) is 15.8 Å². The molecule has 0 atom stereocenters. The predicted molar refractivity (Wildman–Crippen MR) is 74.3 cm³/mol. The van der Waals surface area contributed by atoms with Crippen LogP contribution in [0, 0.1) is 20.2 Å². The van der Waals surface area contributed by atoms with E-state index in [1.807, 2.05) is 0 Å². The number of nitro groups is 1. The van der Waals surface area contributed by atoms with Gasteiger partial charge in [-0.25, -0.2) is 0 Å². The Hall–Kier alpha value is -3.36. The third kappa shape index (κ3) is 3.56. The van der Waals surface area contributed by atoms with E-state index in [9.17, 15) is 20.2 Å². The maximum Gasteiger partial charge on any atom is 0.269 e. The summed E-state index contributed by atoms with van der Waals surface area (Å²) >= 11 is 0. The van der Waals surface area contributed by atoms with Gasteiger partial charge in [0.05, 0.1) is 10.1 Å². The number of hydrogen-bond acceptors (Lipinski definition) is 6. The van der Waals surface area contributed by atoms with Crippen LogP contribution in [0.5, 0.6) is 0 Å². The van der Waals surface area contributed by atoms with Gasteiger partial charge in [-0.2, -0.15) is 0 Å². The van der Waals surface area contributed by atoms with Crippen molar-refractivity contribution in [2.24, 2.45) is 10.4 Å². The van der Waals surface area contributed by atoms with Crippen molar-refractivity contribution in [1.82, 2.24) is 0 Å². The largest absolute Gasteiger partial charge is 0.691 e. The van der Waals surface area contributed by atoms with Crippen LogP contribution in [0.4, 0.5) is 22.7 Å². The molecule has 9 heteroatoms. The molecule has 0 fully saturated rings. The van der Waals surface area contributed by atoms with E-state index in [1.165, 1.54) is 48.5 Å². The molecular weight excluding hydrogens is 278 g/mol. The van der Waals surface area contributed by atoms with Crippen molar-refractivity contribution in [3.05, 3.63) is 68.8 Å². The van der Waals surface area contributed by atoms with Crippen LogP contribution >= 0.6 is 0 Å². The molecular formula is C12H9N5O4. The Balaban J connectivity index is 2.08. The topological polar surface area (TPSA) is 123 Å². The fourth-order valence-corrected chi connectivity index (χ4v) is 1.46. The molecule has 0 aliphatic rings. The molecule has 106 valence electrons. The first kappa shape index (κ1) is 14.1. The summed E-state index contributed by atoms with van der Waals surface area (Å²) in [6.45, 7) is 0. The third-order valence-electron chi connectivity index (χ3n) is 2.52. The second kappa shape index (κ2) is 6.19. The zero-order chi connectivity index (χ0) is 15.2. The molecule has 21 heavy (non-hydrogen) atoms. The number of nitrogens with zero attached hydrogens (tertiary/aromatic N) is 4. The highest BCUT2D eigenvalue weighted by molar-refractivity contribution is 5.48. The molecule has 2 aromatic rings. The van der Waals surface area contributed by atoms with Gasteiger partial charge in [0, 0.05) is 12.1 Å². The number of rotatable bonds is 5. The van der Waals surface area contributed by atoms with Crippen LogP contribution in [0.15, 0.2) is 58.9 Å². The molecule has 2 aromatic carbocycles. The van der Waals surface area contributed by atoms with Gasteiger partial charge in [0.2, 0.25) is 0 Å². The fraction of sp³-hybridized carbons (Fsp3) is 0. The van der Waals surface area contributed by atoms with Crippen molar-refractivity contribution in [1.29, 1.82) is 0 Å². The zero-order valence-electron chi connectivity index (χ0n) is 10.5. The number of nitro benzene ring substituents is 1. The van der Waals surface area contributed by atoms with E-state index in [0.717, 1.165) is 0 Å². The van der Waals surface area contributed by atoms with Crippen LogP contribution in [0.3, 0.4) is 0 Å². The molecule has 0 heterocycles. The Morgan fingerprint density at radius 1 is 0.905 bits per heavy atom. The molecule has 0 saturated heterocycles. The highest BCUT2D eigenvalue weighted by Crippen LogP contribution is 2.19. The smallest absolute Gasteiger partial charge is 0.269 e. The van der Waals surface area contributed by atoms with Gasteiger partial charge in [0.15, 0.2) is 5.69 Å². The lowest BCUT2D eigenvalue weighted by atomic mass is 10.3. The minimum atomic E-state index is -0.524. The highest BCUT2D eigenvalue weighted by atomic mass is 16.6. The minimum absolute atomic E-state index is 0.0588. The predicted octanol–water partition coefficient (Wildman–Crippen LogP) is 3.61. The summed E-state index contributed by atoms with van der Waals surface area (Å²) in [5.74, 6) is 0. The second-order valence-electron chi connectivity index (χ2n) is 3.90. The molecule has 0 amide bonds. The van der Waals surface area contributed by atoms with Gasteiger partial charge < -0.3 is 5.21 Å². The van der Waals surface area contributed by atoms with E-state index in [4.69, 9.17) is 0 Å². The number of nitroso groups, excluding NO2 is 1. The van der Waals surface area contributed by atoms with Crippen molar-refractivity contribution >= 4 is 22.7 Å². The van der Waals surface area contributed by atoms with Crippen LogP contribution in [-0.2, 0) is 0 Å². The molecule has 0 aliphatic carbocycles. The van der Waals surface area contributed by atoms with Gasteiger partial charge in [-0.1, -0.05) is 0 Å². The van der Waals surface area contributed by atoms with Gasteiger partial charge in [0.1, 0.15) is 11.4 Å². The highest BCUT2D eigenvalue weighted by Gasteiger charge is 2.05. The van der Waals surface area contributed by atoms with Crippen LogP contribution in [-0.4, -0.2) is 9.78 Å². The van der Waals surface area contributed by atoms with Gasteiger partial charge in [-0.05, 0) is 41.6 Å². The maximum absolute atomic E-state index is 11.7.